The van der Waals surface area contributed by atoms with Gasteiger partial charge in [0.15, 0.2) is 0 Å². The van der Waals surface area contributed by atoms with Crippen LogP contribution in [0.1, 0.15) is 5.56 Å². The van der Waals surface area contributed by atoms with Gasteiger partial charge in [-0.15, -0.1) is 12.4 Å². The monoisotopic (exact) mass is 269 g/mol. The average Bonchev–Trinajstić information content (AvgIpc) is 2.32. The van der Waals surface area contributed by atoms with Gasteiger partial charge in [0.1, 0.15) is 11.5 Å². The van der Waals surface area contributed by atoms with E-state index in [9.17, 15) is 0 Å². The molecule has 0 radical (unpaired) electrons. The van der Waals surface area contributed by atoms with Crippen LogP contribution in [0, 0.1) is 0 Å². The molecule has 0 unspecified atom stereocenters. The van der Waals surface area contributed by atoms with Crippen LogP contribution in [0.2, 0.25) is 5.02 Å². The minimum Gasteiger partial charge on any atom is -0.457 e. The van der Waals surface area contributed by atoms with E-state index in [1.165, 1.54) is 0 Å². The fourth-order valence-electron chi connectivity index (χ4n) is 1.37. The molecule has 0 saturated carbocycles. The molecule has 0 amide bonds. The van der Waals surface area contributed by atoms with Gasteiger partial charge in [0, 0.05) is 11.6 Å². The molecule has 0 bridgehead atoms. The van der Waals surface area contributed by atoms with E-state index >= 15 is 0 Å². The van der Waals surface area contributed by atoms with Crippen LogP contribution in [0.3, 0.4) is 0 Å². The summed E-state index contributed by atoms with van der Waals surface area (Å²) < 4.78 is 5.66. The fourth-order valence-corrected chi connectivity index (χ4v) is 1.50. The molecular formula is C13H13Cl2NO. The molecule has 17 heavy (non-hydrogen) atoms. The van der Waals surface area contributed by atoms with Crippen molar-refractivity contribution in [3.63, 3.8) is 0 Å². The summed E-state index contributed by atoms with van der Waals surface area (Å²) in [5, 5.41) is 0.697. The first-order valence-electron chi connectivity index (χ1n) is 5.00. The Bertz CT molecular complexity index is 471. The van der Waals surface area contributed by atoms with Crippen molar-refractivity contribution in [3.8, 4) is 11.5 Å². The van der Waals surface area contributed by atoms with Gasteiger partial charge in [-0.2, -0.15) is 0 Å². The smallest absolute Gasteiger partial charge is 0.127 e. The van der Waals surface area contributed by atoms with Crippen LogP contribution in [0.15, 0.2) is 48.5 Å². The predicted molar refractivity (Wildman–Crippen MR) is 73.1 cm³/mol. The van der Waals surface area contributed by atoms with E-state index in [0.717, 1.165) is 17.1 Å². The molecule has 2 aromatic carbocycles. The van der Waals surface area contributed by atoms with Gasteiger partial charge in [0.05, 0.1) is 0 Å². The third-order valence-corrected chi connectivity index (χ3v) is 2.44. The van der Waals surface area contributed by atoms with Crippen LogP contribution in [-0.4, -0.2) is 0 Å². The van der Waals surface area contributed by atoms with E-state index in [-0.39, 0.29) is 12.4 Å². The second kappa shape index (κ2) is 6.50. The Kier molecular flexibility index (Phi) is 5.29. The molecule has 0 fully saturated rings. The molecule has 0 spiro atoms. The Hall–Kier alpha value is -1.22. The Morgan fingerprint density at radius 1 is 1.00 bits per heavy atom. The van der Waals surface area contributed by atoms with Crippen LogP contribution in [0.25, 0.3) is 0 Å². The van der Waals surface area contributed by atoms with Crippen LogP contribution < -0.4 is 10.5 Å². The summed E-state index contributed by atoms with van der Waals surface area (Å²) in [6.45, 7) is 0.512. The number of halogens is 2. The Balaban J connectivity index is 0.00000144. The van der Waals surface area contributed by atoms with Crippen LogP contribution in [-0.2, 0) is 6.54 Å². The van der Waals surface area contributed by atoms with Crippen molar-refractivity contribution in [2.75, 3.05) is 0 Å². The number of benzene rings is 2. The zero-order valence-electron chi connectivity index (χ0n) is 9.10. The molecule has 0 atom stereocenters. The minimum absolute atomic E-state index is 0. The van der Waals surface area contributed by atoms with Crippen LogP contribution in [0.4, 0.5) is 0 Å². The van der Waals surface area contributed by atoms with Crippen LogP contribution >= 0.6 is 24.0 Å². The quantitative estimate of drug-likeness (QED) is 0.914. The summed E-state index contributed by atoms with van der Waals surface area (Å²) in [5.74, 6) is 1.55. The van der Waals surface area contributed by atoms with Crippen molar-refractivity contribution in [2.24, 2.45) is 5.73 Å². The second-order valence-electron chi connectivity index (χ2n) is 3.41. The van der Waals surface area contributed by atoms with Crippen molar-refractivity contribution in [3.05, 3.63) is 59.1 Å². The second-order valence-corrected chi connectivity index (χ2v) is 3.84. The van der Waals surface area contributed by atoms with Gasteiger partial charge in [-0.25, -0.2) is 0 Å². The van der Waals surface area contributed by atoms with E-state index in [2.05, 4.69) is 0 Å². The Morgan fingerprint density at radius 2 is 1.71 bits per heavy atom. The molecule has 2 N–H and O–H groups in total. The van der Waals surface area contributed by atoms with Gasteiger partial charge in [-0.1, -0.05) is 23.7 Å². The molecule has 0 aliphatic carbocycles. The SMILES string of the molecule is Cl.NCc1cccc(Oc2ccc(Cl)cc2)c1. The first kappa shape index (κ1) is 13.8. The summed E-state index contributed by atoms with van der Waals surface area (Å²) in [4.78, 5) is 0. The third-order valence-electron chi connectivity index (χ3n) is 2.18. The minimum atomic E-state index is 0. The fraction of sp³-hybridized carbons (Fsp3) is 0.0769. The van der Waals surface area contributed by atoms with E-state index in [1.54, 1.807) is 12.1 Å². The van der Waals surface area contributed by atoms with E-state index in [4.69, 9.17) is 22.1 Å². The molecule has 4 heteroatoms. The highest BCUT2D eigenvalue weighted by Crippen LogP contribution is 2.23. The highest BCUT2D eigenvalue weighted by molar-refractivity contribution is 6.30. The maximum Gasteiger partial charge on any atom is 0.127 e. The lowest BCUT2D eigenvalue weighted by atomic mass is 10.2. The lowest BCUT2D eigenvalue weighted by Gasteiger charge is -2.06. The molecule has 0 aliphatic heterocycles. The van der Waals surface area contributed by atoms with Gasteiger partial charge in [0.2, 0.25) is 0 Å². The Morgan fingerprint density at radius 3 is 2.35 bits per heavy atom. The molecule has 90 valence electrons. The molecule has 0 heterocycles. The number of ether oxygens (including phenoxy) is 1. The lowest BCUT2D eigenvalue weighted by Crippen LogP contribution is -1.95. The normalized spacial score (nSPS) is 9.53. The molecule has 0 aliphatic rings. The number of nitrogens with two attached hydrogens (primary N) is 1. The molecule has 0 aromatic heterocycles. The maximum absolute atomic E-state index is 5.79. The highest BCUT2D eigenvalue weighted by atomic mass is 35.5. The lowest BCUT2D eigenvalue weighted by molar-refractivity contribution is 0.482. The van der Waals surface area contributed by atoms with Crippen LogP contribution in [0.5, 0.6) is 11.5 Å². The first-order chi connectivity index (χ1) is 7.78. The predicted octanol–water partition coefficient (Wildman–Crippen LogP) is 4.01. The maximum atomic E-state index is 5.79. The third kappa shape index (κ3) is 3.93. The summed E-state index contributed by atoms with van der Waals surface area (Å²) >= 11 is 5.79. The van der Waals surface area contributed by atoms with Crippen molar-refractivity contribution >= 4 is 24.0 Å². The van der Waals surface area contributed by atoms with Gasteiger partial charge in [0.25, 0.3) is 0 Å². The van der Waals surface area contributed by atoms with Gasteiger partial charge < -0.3 is 10.5 Å². The zero-order chi connectivity index (χ0) is 11.4. The summed E-state index contributed by atoms with van der Waals surface area (Å²) in [6, 6.07) is 15.0. The molecule has 2 nitrogen and oxygen atoms in total. The average molecular weight is 270 g/mol. The first-order valence-corrected chi connectivity index (χ1v) is 5.38. The van der Waals surface area contributed by atoms with Crippen molar-refractivity contribution in [2.45, 2.75) is 6.54 Å². The standard InChI is InChI=1S/C13H12ClNO.ClH/c14-11-4-6-12(7-5-11)16-13-3-1-2-10(8-13)9-15;/h1-8H,9,15H2;1H. The van der Waals surface area contributed by atoms with Crippen molar-refractivity contribution < 1.29 is 4.74 Å². The van der Waals surface area contributed by atoms with E-state index in [0.29, 0.717) is 11.6 Å². The highest BCUT2D eigenvalue weighted by Gasteiger charge is 1.98. The topological polar surface area (TPSA) is 35.2 Å². The summed E-state index contributed by atoms with van der Waals surface area (Å²) in [7, 11) is 0. The zero-order valence-corrected chi connectivity index (χ0v) is 10.7. The van der Waals surface area contributed by atoms with Crippen molar-refractivity contribution in [1.29, 1.82) is 0 Å². The molecule has 2 aromatic rings. The van der Waals surface area contributed by atoms with E-state index < -0.39 is 0 Å². The summed E-state index contributed by atoms with van der Waals surface area (Å²) in [6.07, 6.45) is 0. The van der Waals surface area contributed by atoms with Gasteiger partial charge in [-0.05, 0) is 42.0 Å². The van der Waals surface area contributed by atoms with Gasteiger partial charge in [-0.3, -0.25) is 0 Å². The molecule has 2 rings (SSSR count). The Labute approximate surface area is 112 Å². The van der Waals surface area contributed by atoms with E-state index in [1.807, 2.05) is 36.4 Å². The number of rotatable bonds is 3. The molecule has 0 saturated heterocycles. The largest absolute Gasteiger partial charge is 0.457 e. The number of hydrogen-bond donors (Lipinski definition) is 1. The summed E-state index contributed by atoms with van der Waals surface area (Å²) in [5.41, 5.74) is 6.61. The molecular weight excluding hydrogens is 257 g/mol. The number of hydrogen-bond acceptors (Lipinski definition) is 2. The van der Waals surface area contributed by atoms with Gasteiger partial charge >= 0.3 is 0 Å². The van der Waals surface area contributed by atoms with Crippen molar-refractivity contribution in [1.82, 2.24) is 0 Å².